The van der Waals surface area contributed by atoms with Crippen molar-refractivity contribution >= 4 is 16.7 Å². The molecule has 41 heavy (non-hydrogen) atoms. The minimum atomic E-state index is -0.832. The van der Waals surface area contributed by atoms with Gasteiger partial charge in [0.2, 0.25) is 6.86 Å². The second-order valence-corrected chi connectivity index (χ2v) is 12.4. The van der Waals surface area contributed by atoms with Gasteiger partial charge in [0.25, 0.3) is 0 Å². The molecule has 1 saturated carbocycles. The summed E-state index contributed by atoms with van der Waals surface area (Å²) < 4.78 is 20.0. The van der Waals surface area contributed by atoms with E-state index in [1.807, 2.05) is 24.3 Å². The Morgan fingerprint density at radius 3 is 2.41 bits per heavy atom. The van der Waals surface area contributed by atoms with Gasteiger partial charge < -0.3 is 15.0 Å². The van der Waals surface area contributed by atoms with Gasteiger partial charge in [-0.3, -0.25) is 14.6 Å². The summed E-state index contributed by atoms with van der Waals surface area (Å²) in [4.78, 5) is 18.0. The maximum Gasteiger partial charge on any atom is 0.228 e. The fraction of sp³-hybridized carbons (Fsp3) is 0.559. The minimum absolute atomic E-state index is 0.240. The van der Waals surface area contributed by atoms with E-state index in [2.05, 4.69) is 52.6 Å². The molecule has 1 aliphatic carbocycles. The number of unbranched alkanes of at least 4 members (excludes halogenated alkanes) is 1. The lowest BCUT2D eigenvalue weighted by Crippen LogP contribution is -2.49. The number of alkyl halides is 1. The summed E-state index contributed by atoms with van der Waals surface area (Å²) in [6.45, 7) is 9.91. The van der Waals surface area contributed by atoms with Crippen LogP contribution in [0.15, 0.2) is 48.7 Å². The van der Waals surface area contributed by atoms with Crippen molar-refractivity contribution in [2.45, 2.75) is 89.9 Å². The van der Waals surface area contributed by atoms with Gasteiger partial charge in [-0.05, 0) is 74.9 Å². The van der Waals surface area contributed by atoms with Crippen molar-refractivity contribution in [3.8, 4) is 16.9 Å². The first kappa shape index (κ1) is 29.7. The van der Waals surface area contributed by atoms with Crippen molar-refractivity contribution < 1.29 is 13.9 Å². The van der Waals surface area contributed by atoms with E-state index < -0.39 is 12.4 Å². The fourth-order valence-corrected chi connectivity index (χ4v) is 6.63. The number of carbonyl (C=O) groups is 1. The number of aryl methyl sites for hydroxylation is 1. The minimum Gasteiger partial charge on any atom is -0.463 e. The van der Waals surface area contributed by atoms with Gasteiger partial charge in [0, 0.05) is 74.4 Å². The van der Waals surface area contributed by atoms with Crippen molar-refractivity contribution in [3.05, 3.63) is 54.2 Å². The lowest BCUT2D eigenvalue weighted by Gasteiger charge is -2.37. The van der Waals surface area contributed by atoms with E-state index in [1.165, 1.54) is 22.9 Å². The van der Waals surface area contributed by atoms with E-state index in [1.54, 1.807) is 0 Å². The Labute approximate surface area is 244 Å². The number of hydrogen-bond donors (Lipinski definition) is 1. The highest BCUT2D eigenvalue weighted by Crippen LogP contribution is 2.34. The summed E-state index contributed by atoms with van der Waals surface area (Å²) in [5.74, 6) is 0.770. The molecule has 7 heteroatoms. The second kappa shape index (κ2) is 13.5. The molecule has 5 rings (SSSR count). The van der Waals surface area contributed by atoms with Gasteiger partial charge >= 0.3 is 0 Å². The van der Waals surface area contributed by atoms with Crippen molar-refractivity contribution in [2.75, 3.05) is 33.0 Å². The number of hydrogen-bond acceptors (Lipinski definition) is 5. The molecule has 2 aromatic carbocycles. The molecule has 1 saturated heterocycles. The number of halogens is 1. The van der Waals surface area contributed by atoms with Crippen LogP contribution >= 0.6 is 0 Å². The molecule has 0 amide bonds. The van der Waals surface area contributed by atoms with E-state index >= 15 is 0 Å². The fourth-order valence-electron chi connectivity index (χ4n) is 6.63. The van der Waals surface area contributed by atoms with Gasteiger partial charge in [-0.25, -0.2) is 4.39 Å². The molecule has 2 heterocycles. The molecule has 1 aromatic heterocycles. The van der Waals surface area contributed by atoms with Gasteiger partial charge in [0.15, 0.2) is 5.78 Å². The van der Waals surface area contributed by atoms with Crippen molar-refractivity contribution in [3.63, 3.8) is 0 Å². The Kier molecular flexibility index (Phi) is 9.79. The monoisotopic (exact) mass is 562 g/mol. The number of benzene rings is 2. The van der Waals surface area contributed by atoms with E-state index in [-0.39, 0.29) is 5.78 Å². The molecule has 6 nitrogen and oxygen atoms in total. The number of ether oxygens (including phenoxy) is 1. The lowest BCUT2D eigenvalue weighted by atomic mass is 9.78. The topological polar surface area (TPSA) is 63.7 Å². The number of piperazine rings is 1. The van der Waals surface area contributed by atoms with Crippen LogP contribution in [0.3, 0.4) is 0 Å². The van der Waals surface area contributed by atoms with Crippen LogP contribution in [-0.2, 0) is 17.9 Å². The molecular formula is C34H47FN4O2. The molecule has 2 N–H and O–H groups in total. The number of Topliss-reactive ketones (excluding diaryl/α,β-unsaturated/α-hetero) is 1. The third-order valence-corrected chi connectivity index (χ3v) is 9.23. The molecule has 2 fully saturated rings. The Bertz CT molecular complexity index is 1290. The number of aromatic nitrogens is 1. The molecule has 0 atom stereocenters. The second-order valence-electron chi connectivity index (χ2n) is 12.4. The van der Waals surface area contributed by atoms with Crippen molar-refractivity contribution in [1.82, 2.24) is 14.4 Å². The molecule has 2 aliphatic rings. The van der Waals surface area contributed by atoms with Gasteiger partial charge in [-0.15, -0.1) is 0 Å². The molecule has 0 bridgehead atoms. The van der Waals surface area contributed by atoms with Crippen LogP contribution in [0.1, 0.15) is 70.8 Å². The normalized spacial score (nSPS) is 18.3. The smallest absolute Gasteiger partial charge is 0.228 e. The van der Waals surface area contributed by atoms with Crippen molar-refractivity contribution in [2.24, 2.45) is 5.73 Å². The highest BCUT2D eigenvalue weighted by molar-refractivity contribution is 5.96. The molecule has 0 spiro atoms. The third-order valence-electron chi connectivity index (χ3n) is 9.23. The van der Waals surface area contributed by atoms with Crippen LogP contribution in [0.5, 0.6) is 5.75 Å². The summed E-state index contributed by atoms with van der Waals surface area (Å²) in [5, 5.41) is 1.22. The molecule has 0 radical (unpaired) electrons. The van der Waals surface area contributed by atoms with E-state index in [4.69, 9.17) is 10.5 Å². The Hall–Kier alpha value is -2.74. The first-order valence-corrected chi connectivity index (χ1v) is 15.6. The summed E-state index contributed by atoms with van der Waals surface area (Å²) >= 11 is 0. The highest BCUT2D eigenvalue weighted by Gasteiger charge is 2.34. The zero-order valence-corrected chi connectivity index (χ0v) is 24.9. The predicted octanol–water partition coefficient (Wildman–Crippen LogP) is 6.54. The maximum atomic E-state index is 12.9. The number of carbonyl (C=O) groups excluding carboxylic acids is 1. The standard InChI is InChI=1S/C34H47FN4O2/c1-26(2)38-20-18-37(19-21-38)23-27-9-14-32-30(22-27)31(28-10-12-29(13-11-28)41-25-35)24-39(32)17-7-4-8-33(40)34(36)15-5-3-6-16-34/h9-14,22,24,26H,3-8,15-21,23,25,36H2,1-2H3. The predicted molar refractivity (Wildman–Crippen MR) is 165 cm³/mol. The van der Waals surface area contributed by atoms with Gasteiger partial charge in [-0.2, -0.15) is 0 Å². The number of ketones is 1. The first-order valence-electron chi connectivity index (χ1n) is 15.6. The van der Waals surface area contributed by atoms with E-state index in [0.717, 1.165) is 88.9 Å². The van der Waals surface area contributed by atoms with Gasteiger partial charge in [0.05, 0.1) is 5.54 Å². The maximum absolute atomic E-state index is 12.9. The zero-order valence-electron chi connectivity index (χ0n) is 24.9. The molecule has 222 valence electrons. The number of nitrogens with two attached hydrogens (primary N) is 1. The number of nitrogens with zero attached hydrogens (tertiary/aromatic N) is 3. The van der Waals surface area contributed by atoms with Crippen LogP contribution in [-0.4, -0.2) is 64.8 Å². The number of rotatable bonds is 12. The summed E-state index contributed by atoms with van der Waals surface area (Å²) in [6, 6.07) is 15.1. The van der Waals surface area contributed by atoms with Crippen LogP contribution in [0.25, 0.3) is 22.0 Å². The van der Waals surface area contributed by atoms with Crippen LogP contribution in [0.4, 0.5) is 4.39 Å². The largest absolute Gasteiger partial charge is 0.463 e. The Morgan fingerprint density at radius 2 is 1.73 bits per heavy atom. The Balaban J connectivity index is 1.31. The average molecular weight is 563 g/mol. The average Bonchev–Trinajstić information content (AvgIpc) is 3.34. The molecule has 1 aliphatic heterocycles. The van der Waals surface area contributed by atoms with Gasteiger partial charge in [-0.1, -0.05) is 37.5 Å². The summed E-state index contributed by atoms with van der Waals surface area (Å²) in [5.41, 5.74) is 10.6. The van der Waals surface area contributed by atoms with E-state index in [0.29, 0.717) is 18.2 Å². The molecule has 0 unspecified atom stereocenters. The van der Waals surface area contributed by atoms with E-state index in [9.17, 15) is 9.18 Å². The highest BCUT2D eigenvalue weighted by atomic mass is 19.1. The lowest BCUT2D eigenvalue weighted by molar-refractivity contribution is -0.125. The third kappa shape index (κ3) is 7.19. The quantitative estimate of drug-likeness (QED) is 0.254. The molecule has 3 aromatic rings. The van der Waals surface area contributed by atoms with Crippen LogP contribution in [0.2, 0.25) is 0 Å². The van der Waals surface area contributed by atoms with Crippen molar-refractivity contribution in [1.29, 1.82) is 0 Å². The van der Waals surface area contributed by atoms with Crippen LogP contribution < -0.4 is 10.5 Å². The SMILES string of the molecule is CC(C)N1CCN(Cc2ccc3c(c2)c(-c2ccc(OCF)cc2)cn3CCCCC(=O)C2(N)CCCCC2)CC1. The summed E-state index contributed by atoms with van der Waals surface area (Å²) in [6.07, 6.45) is 9.57. The first-order chi connectivity index (χ1) is 19.9. The Morgan fingerprint density at radius 1 is 1.00 bits per heavy atom. The number of fused-ring (bicyclic) bond motifs is 1. The van der Waals surface area contributed by atoms with Gasteiger partial charge in [0.1, 0.15) is 5.75 Å². The molecular weight excluding hydrogens is 515 g/mol. The summed E-state index contributed by atoms with van der Waals surface area (Å²) in [7, 11) is 0. The zero-order chi connectivity index (χ0) is 28.8. The van der Waals surface area contributed by atoms with Crippen LogP contribution in [0, 0.1) is 0 Å².